The summed E-state index contributed by atoms with van der Waals surface area (Å²) in [7, 11) is 0. The molecule has 0 radical (unpaired) electrons. The lowest BCUT2D eigenvalue weighted by molar-refractivity contribution is -0.134. The summed E-state index contributed by atoms with van der Waals surface area (Å²) in [5.74, 6) is -1.20. The molecule has 0 aliphatic rings. The van der Waals surface area contributed by atoms with Gasteiger partial charge in [0, 0.05) is 29.9 Å². The van der Waals surface area contributed by atoms with E-state index in [-0.39, 0.29) is 41.6 Å². The number of amides is 1. The number of aromatic nitrogens is 3. The van der Waals surface area contributed by atoms with Crippen LogP contribution in [0, 0.1) is 18.6 Å². The summed E-state index contributed by atoms with van der Waals surface area (Å²) >= 11 is 0. The second-order valence-electron chi connectivity index (χ2n) is 8.97. The highest BCUT2D eigenvalue weighted by molar-refractivity contribution is 5.95. The average molecular weight is 541 g/mol. The maximum Gasteiger partial charge on any atom is 0.295 e. The number of rotatable bonds is 9. The van der Waals surface area contributed by atoms with Crippen molar-refractivity contribution in [2.45, 2.75) is 19.6 Å². The number of hydrogen-bond donors (Lipinski definition) is 1. The van der Waals surface area contributed by atoms with Crippen LogP contribution in [0.5, 0.6) is 0 Å². The molecule has 1 N–H and O–H groups in total. The van der Waals surface area contributed by atoms with E-state index in [1.165, 1.54) is 30.5 Å². The van der Waals surface area contributed by atoms with Crippen LogP contribution in [0.25, 0.3) is 34.0 Å². The standard InChI is InChI=1S/C30H22F2N4O4/c1-18-2-5-21(6-3-18)30-35-28(36-40-30)25-11-4-19(12-26(25)32)13-27(39-17-37)34-29(38)23-14-22(15-33-16-23)20-7-9-24(31)10-8-20/h2-12,14-17,27H,13H2,1H3,(H,34,38). The maximum absolute atomic E-state index is 15.0. The van der Waals surface area contributed by atoms with Crippen molar-refractivity contribution in [2.75, 3.05) is 0 Å². The number of pyridine rings is 1. The molecule has 5 rings (SSSR count). The van der Waals surface area contributed by atoms with Gasteiger partial charge in [-0.3, -0.25) is 14.6 Å². The second-order valence-corrected chi connectivity index (χ2v) is 8.97. The van der Waals surface area contributed by atoms with Crippen LogP contribution >= 0.6 is 0 Å². The average Bonchev–Trinajstić information content (AvgIpc) is 3.44. The van der Waals surface area contributed by atoms with Crippen LogP contribution in [0.4, 0.5) is 8.78 Å². The first kappa shape index (κ1) is 26.4. The van der Waals surface area contributed by atoms with Gasteiger partial charge in [-0.15, -0.1) is 0 Å². The zero-order valence-corrected chi connectivity index (χ0v) is 21.2. The van der Waals surface area contributed by atoms with Gasteiger partial charge < -0.3 is 14.6 Å². The first-order chi connectivity index (χ1) is 19.4. The smallest absolute Gasteiger partial charge is 0.295 e. The summed E-state index contributed by atoms with van der Waals surface area (Å²) in [6.45, 7) is 2.16. The first-order valence-electron chi connectivity index (χ1n) is 12.2. The summed E-state index contributed by atoms with van der Waals surface area (Å²) in [5.41, 5.74) is 3.85. The van der Waals surface area contributed by atoms with Gasteiger partial charge in [-0.05, 0) is 60.5 Å². The van der Waals surface area contributed by atoms with Crippen LogP contribution in [0.2, 0.25) is 0 Å². The van der Waals surface area contributed by atoms with Gasteiger partial charge in [0.25, 0.3) is 18.3 Å². The number of benzene rings is 3. The molecular formula is C30H22F2N4O4. The number of carbonyl (C=O) groups excluding carboxylic acids is 2. The van der Waals surface area contributed by atoms with E-state index in [1.807, 2.05) is 31.2 Å². The molecule has 10 heteroatoms. The van der Waals surface area contributed by atoms with Crippen molar-refractivity contribution < 1.29 is 27.6 Å². The Morgan fingerprint density at radius 2 is 1.73 bits per heavy atom. The molecule has 2 heterocycles. The van der Waals surface area contributed by atoms with Crippen molar-refractivity contribution in [2.24, 2.45) is 0 Å². The minimum atomic E-state index is -1.08. The summed E-state index contributed by atoms with van der Waals surface area (Å²) in [6, 6.07) is 19.2. The Morgan fingerprint density at radius 1 is 0.975 bits per heavy atom. The molecular weight excluding hydrogens is 518 g/mol. The molecule has 1 amide bonds. The maximum atomic E-state index is 15.0. The normalized spacial score (nSPS) is 11.6. The lowest BCUT2D eigenvalue weighted by Crippen LogP contribution is -2.38. The Balaban J connectivity index is 1.29. The Hall–Kier alpha value is -5.25. The molecule has 0 spiro atoms. The molecule has 0 aliphatic carbocycles. The second kappa shape index (κ2) is 11.6. The van der Waals surface area contributed by atoms with Crippen molar-refractivity contribution in [3.63, 3.8) is 0 Å². The zero-order valence-electron chi connectivity index (χ0n) is 21.2. The molecule has 0 aliphatic heterocycles. The van der Waals surface area contributed by atoms with E-state index in [0.29, 0.717) is 22.3 Å². The highest BCUT2D eigenvalue weighted by Crippen LogP contribution is 2.26. The molecule has 0 bridgehead atoms. The van der Waals surface area contributed by atoms with Crippen molar-refractivity contribution in [3.05, 3.63) is 114 Å². The fourth-order valence-electron chi connectivity index (χ4n) is 4.02. The Morgan fingerprint density at radius 3 is 2.45 bits per heavy atom. The predicted molar refractivity (Wildman–Crippen MR) is 142 cm³/mol. The third-order valence-electron chi connectivity index (χ3n) is 6.11. The molecule has 3 aromatic carbocycles. The van der Waals surface area contributed by atoms with E-state index >= 15 is 4.39 Å². The number of carbonyl (C=O) groups is 2. The zero-order chi connectivity index (χ0) is 28.1. The van der Waals surface area contributed by atoms with Crippen LogP contribution in [0.1, 0.15) is 21.5 Å². The number of nitrogens with zero attached hydrogens (tertiary/aromatic N) is 3. The highest BCUT2D eigenvalue weighted by atomic mass is 19.1. The van der Waals surface area contributed by atoms with E-state index in [2.05, 4.69) is 20.4 Å². The third kappa shape index (κ3) is 6.07. The van der Waals surface area contributed by atoms with Gasteiger partial charge in [0.2, 0.25) is 5.82 Å². The minimum Gasteiger partial charge on any atom is -0.444 e. The number of halogens is 2. The monoisotopic (exact) mass is 540 g/mol. The number of ether oxygens (including phenoxy) is 1. The quantitative estimate of drug-likeness (QED) is 0.194. The Kier molecular flexibility index (Phi) is 7.68. The fraction of sp³-hybridized carbons (Fsp3) is 0.100. The first-order valence-corrected chi connectivity index (χ1v) is 12.2. The predicted octanol–water partition coefficient (Wildman–Crippen LogP) is 5.52. The fourth-order valence-corrected chi connectivity index (χ4v) is 4.02. The van der Waals surface area contributed by atoms with E-state index in [4.69, 9.17) is 9.26 Å². The molecule has 1 atom stereocenters. The molecule has 0 saturated heterocycles. The third-order valence-corrected chi connectivity index (χ3v) is 6.11. The number of aryl methyl sites for hydroxylation is 1. The van der Waals surface area contributed by atoms with Gasteiger partial charge in [0.15, 0.2) is 6.23 Å². The molecule has 0 saturated carbocycles. The summed E-state index contributed by atoms with van der Waals surface area (Å²) in [4.78, 5) is 32.4. The molecule has 200 valence electrons. The van der Waals surface area contributed by atoms with E-state index in [9.17, 15) is 14.0 Å². The number of hydrogen-bond acceptors (Lipinski definition) is 7. The van der Waals surface area contributed by atoms with Gasteiger partial charge in [-0.2, -0.15) is 4.98 Å². The molecule has 5 aromatic rings. The minimum absolute atomic E-state index is 0.00633. The van der Waals surface area contributed by atoms with Gasteiger partial charge >= 0.3 is 0 Å². The van der Waals surface area contributed by atoms with Crippen molar-refractivity contribution in [1.82, 2.24) is 20.4 Å². The lowest BCUT2D eigenvalue weighted by atomic mass is 10.1. The van der Waals surface area contributed by atoms with E-state index in [1.54, 1.807) is 30.5 Å². The van der Waals surface area contributed by atoms with Crippen LogP contribution in [-0.2, 0) is 16.0 Å². The van der Waals surface area contributed by atoms with Crippen molar-refractivity contribution >= 4 is 12.4 Å². The largest absolute Gasteiger partial charge is 0.444 e. The van der Waals surface area contributed by atoms with Gasteiger partial charge in [-0.25, -0.2) is 8.78 Å². The summed E-state index contributed by atoms with van der Waals surface area (Å²) < 4.78 is 38.6. The topological polar surface area (TPSA) is 107 Å². The van der Waals surface area contributed by atoms with Crippen LogP contribution < -0.4 is 5.32 Å². The molecule has 40 heavy (non-hydrogen) atoms. The molecule has 1 unspecified atom stereocenters. The van der Waals surface area contributed by atoms with Crippen LogP contribution in [0.3, 0.4) is 0 Å². The molecule has 8 nitrogen and oxygen atoms in total. The van der Waals surface area contributed by atoms with Crippen molar-refractivity contribution in [3.8, 4) is 34.0 Å². The van der Waals surface area contributed by atoms with E-state index < -0.39 is 18.0 Å². The lowest BCUT2D eigenvalue weighted by Gasteiger charge is -2.17. The van der Waals surface area contributed by atoms with Crippen LogP contribution in [0.15, 0.2) is 89.7 Å². The molecule has 2 aromatic heterocycles. The molecule has 0 fully saturated rings. The Labute approximate surface area is 227 Å². The number of nitrogens with one attached hydrogen (secondary N) is 1. The van der Waals surface area contributed by atoms with E-state index in [0.717, 1.165) is 5.56 Å². The van der Waals surface area contributed by atoms with Crippen LogP contribution in [-0.4, -0.2) is 33.7 Å². The highest BCUT2D eigenvalue weighted by Gasteiger charge is 2.19. The Bertz CT molecular complexity index is 1650. The summed E-state index contributed by atoms with van der Waals surface area (Å²) in [5, 5.41) is 6.50. The van der Waals surface area contributed by atoms with Gasteiger partial charge in [0.05, 0.1) is 11.1 Å². The van der Waals surface area contributed by atoms with Gasteiger partial charge in [-0.1, -0.05) is 41.1 Å². The van der Waals surface area contributed by atoms with Gasteiger partial charge in [0.1, 0.15) is 11.6 Å². The summed E-state index contributed by atoms with van der Waals surface area (Å²) in [6.07, 6.45) is 1.81. The SMILES string of the molecule is Cc1ccc(-c2nc(-c3ccc(CC(NC(=O)c4cncc(-c5ccc(F)cc5)c4)OC=O)cc3F)no2)cc1. The van der Waals surface area contributed by atoms with Crippen molar-refractivity contribution in [1.29, 1.82) is 0 Å².